The van der Waals surface area contributed by atoms with Crippen LogP contribution in [0.5, 0.6) is 0 Å². The van der Waals surface area contributed by atoms with Crippen LogP contribution in [0.1, 0.15) is 36.2 Å². The number of carbonyl (C=O) groups is 3. The molecule has 2 amide bonds. The lowest BCUT2D eigenvalue weighted by Crippen LogP contribution is -2.43. The lowest BCUT2D eigenvalue weighted by atomic mass is 9.97. The monoisotopic (exact) mass is 445 g/mol. The minimum absolute atomic E-state index is 0.0130. The molecule has 1 fully saturated rings. The second-order valence-electron chi connectivity index (χ2n) is 6.94. The largest absolute Gasteiger partial charge is 0.363 e. The van der Waals surface area contributed by atoms with Crippen LogP contribution in [0.3, 0.4) is 0 Å². The maximum Gasteiger partial charge on any atom is 0.363 e. The molecule has 0 saturated carbocycles. The van der Waals surface area contributed by atoms with E-state index in [0.717, 1.165) is 0 Å². The highest BCUT2D eigenvalue weighted by Crippen LogP contribution is 2.65. The van der Waals surface area contributed by atoms with Crippen LogP contribution >= 0.6 is 7.60 Å². The molecule has 0 bridgehead atoms. The van der Waals surface area contributed by atoms with Crippen LogP contribution in [-0.4, -0.2) is 41.2 Å². The second-order valence-corrected chi connectivity index (χ2v) is 9.31. The normalized spacial score (nSPS) is 19.0. The Labute approximate surface area is 180 Å². The first-order valence-electron chi connectivity index (χ1n) is 9.94. The number of hydroxylamine groups is 2. The van der Waals surface area contributed by atoms with Gasteiger partial charge in [-0.05, 0) is 38.0 Å². The van der Waals surface area contributed by atoms with Crippen LogP contribution in [-0.2, 0) is 34.5 Å². The first-order valence-corrected chi connectivity index (χ1v) is 11.5. The lowest BCUT2D eigenvalue weighted by Gasteiger charge is -2.33. The molecular weight excluding hydrogens is 421 g/mol. The average Bonchev–Trinajstić information content (AvgIpc) is 3.00. The molecule has 9 heteroatoms. The van der Waals surface area contributed by atoms with E-state index < -0.39 is 37.0 Å². The number of imide groups is 1. The van der Waals surface area contributed by atoms with E-state index in [9.17, 15) is 18.9 Å². The molecule has 0 radical (unpaired) electrons. The highest BCUT2D eigenvalue weighted by Gasteiger charge is 2.65. The van der Waals surface area contributed by atoms with Gasteiger partial charge in [0.15, 0.2) is 5.16 Å². The summed E-state index contributed by atoms with van der Waals surface area (Å²) in [6.45, 7) is 3.27. The fourth-order valence-corrected chi connectivity index (χ4v) is 5.79. The van der Waals surface area contributed by atoms with Crippen LogP contribution in [0.15, 0.2) is 60.7 Å². The summed E-state index contributed by atoms with van der Waals surface area (Å²) in [7, 11) is -4.11. The molecule has 0 N–H and O–H groups in total. The molecule has 1 atom stereocenters. The van der Waals surface area contributed by atoms with Gasteiger partial charge >= 0.3 is 13.6 Å². The van der Waals surface area contributed by atoms with Crippen LogP contribution in [0.4, 0.5) is 0 Å². The first-order chi connectivity index (χ1) is 14.9. The Morgan fingerprint density at radius 1 is 0.968 bits per heavy atom. The van der Waals surface area contributed by atoms with E-state index in [0.29, 0.717) is 10.6 Å². The van der Waals surface area contributed by atoms with E-state index in [2.05, 4.69) is 0 Å². The van der Waals surface area contributed by atoms with E-state index in [1.807, 2.05) is 0 Å². The van der Waals surface area contributed by atoms with E-state index in [1.165, 1.54) is 12.1 Å². The van der Waals surface area contributed by atoms with E-state index >= 15 is 0 Å². The van der Waals surface area contributed by atoms with Crippen molar-refractivity contribution < 1.29 is 32.8 Å². The molecule has 1 aliphatic heterocycles. The van der Waals surface area contributed by atoms with Gasteiger partial charge in [-0.15, -0.1) is 5.06 Å². The number of benzene rings is 2. The van der Waals surface area contributed by atoms with Crippen molar-refractivity contribution in [3.05, 3.63) is 71.8 Å². The van der Waals surface area contributed by atoms with Gasteiger partial charge in [-0.25, -0.2) is 4.79 Å². The maximum atomic E-state index is 13.8. The van der Waals surface area contributed by atoms with E-state index in [4.69, 9.17) is 13.9 Å². The molecule has 0 spiro atoms. The van der Waals surface area contributed by atoms with Crippen molar-refractivity contribution in [1.82, 2.24) is 5.06 Å². The van der Waals surface area contributed by atoms with Gasteiger partial charge in [0.25, 0.3) is 11.8 Å². The number of hydrogen-bond acceptors (Lipinski definition) is 7. The predicted octanol–water partition coefficient (Wildman–Crippen LogP) is 3.76. The van der Waals surface area contributed by atoms with Crippen molar-refractivity contribution in [2.75, 3.05) is 13.2 Å². The van der Waals surface area contributed by atoms with Crippen LogP contribution in [0.25, 0.3) is 0 Å². The third-order valence-electron chi connectivity index (χ3n) is 4.90. The Bertz CT molecular complexity index is 985. The van der Waals surface area contributed by atoms with Crippen molar-refractivity contribution >= 4 is 25.4 Å². The van der Waals surface area contributed by atoms with Crippen LogP contribution in [0.2, 0.25) is 0 Å². The van der Waals surface area contributed by atoms with Crippen molar-refractivity contribution in [2.45, 2.75) is 31.8 Å². The standard InChI is InChI=1S/C22H24NO7P/c1-3-28-31(27,29-4-2)22(15-17-11-7-5-8-12-17)16-19(24)23(21(22)26)30-20(25)18-13-9-6-10-14-18/h5-14H,3-4,15-16H2,1-2H3. The number of amides is 2. The molecule has 164 valence electrons. The molecule has 1 saturated heterocycles. The minimum Gasteiger partial charge on any atom is -0.325 e. The topological polar surface area (TPSA) is 99.2 Å². The quantitative estimate of drug-likeness (QED) is 0.428. The van der Waals surface area contributed by atoms with Gasteiger partial charge in [-0.2, -0.15) is 0 Å². The Morgan fingerprint density at radius 2 is 1.52 bits per heavy atom. The van der Waals surface area contributed by atoms with Crippen molar-refractivity contribution in [1.29, 1.82) is 0 Å². The van der Waals surface area contributed by atoms with Gasteiger partial charge in [0.2, 0.25) is 0 Å². The Hall–Kier alpha value is -2.80. The summed E-state index contributed by atoms with van der Waals surface area (Å²) in [5.74, 6) is -2.58. The fraction of sp³-hybridized carbons (Fsp3) is 0.318. The molecule has 1 aliphatic rings. The number of carbonyl (C=O) groups excluding carboxylic acids is 3. The van der Waals surface area contributed by atoms with Crippen molar-refractivity contribution in [3.63, 3.8) is 0 Å². The van der Waals surface area contributed by atoms with Gasteiger partial charge in [0.05, 0.1) is 25.2 Å². The molecular formula is C22H24NO7P. The molecule has 0 aliphatic carbocycles. The zero-order valence-corrected chi connectivity index (χ0v) is 18.2. The summed E-state index contributed by atoms with van der Waals surface area (Å²) in [4.78, 5) is 43.9. The Kier molecular flexibility index (Phi) is 7.05. The van der Waals surface area contributed by atoms with E-state index in [-0.39, 0.29) is 25.2 Å². The molecule has 8 nitrogen and oxygen atoms in total. The molecule has 3 rings (SSSR count). The minimum atomic E-state index is -4.11. The first kappa shape index (κ1) is 22.9. The summed E-state index contributed by atoms with van der Waals surface area (Å²) in [6.07, 6.45) is -0.546. The number of nitrogens with zero attached hydrogens (tertiary/aromatic N) is 1. The number of rotatable bonds is 9. The Morgan fingerprint density at radius 3 is 2.06 bits per heavy atom. The molecule has 2 aromatic carbocycles. The van der Waals surface area contributed by atoms with Crippen LogP contribution in [0, 0.1) is 0 Å². The van der Waals surface area contributed by atoms with E-state index in [1.54, 1.807) is 62.4 Å². The molecule has 1 heterocycles. The molecule has 0 aromatic heterocycles. The summed E-state index contributed by atoms with van der Waals surface area (Å²) >= 11 is 0. The van der Waals surface area contributed by atoms with Crippen LogP contribution < -0.4 is 0 Å². The lowest BCUT2D eigenvalue weighted by molar-refractivity contribution is -0.173. The average molecular weight is 445 g/mol. The highest BCUT2D eigenvalue weighted by molar-refractivity contribution is 7.57. The van der Waals surface area contributed by atoms with Gasteiger partial charge in [-0.1, -0.05) is 48.5 Å². The Balaban J connectivity index is 2.00. The summed E-state index contributed by atoms with van der Waals surface area (Å²) in [6, 6.07) is 16.8. The fourth-order valence-electron chi connectivity index (χ4n) is 3.51. The predicted molar refractivity (Wildman–Crippen MR) is 112 cm³/mol. The van der Waals surface area contributed by atoms with Crippen molar-refractivity contribution in [2.24, 2.45) is 0 Å². The summed E-state index contributed by atoms with van der Waals surface area (Å²) in [5, 5.41) is -1.45. The third-order valence-corrected chi connectivity index (χ3v) is 7.65. The SMILES string of the molecule is CCOP(=O)(OCC)C1(Cc2ccccc2)CC(=O)N(OC(=O)c2ccccc2)C1=O. The summed E-state index contributed by atoms with van der Waals surface area (Å²) < 4.78 is 24.8. The highest BCUT2D eigenvalue weighted by atomic mass is 31.2. The molecule has 2 aromatic rings. The molecule has 1 unspecified atom stereocenters. The van der Waals surface area contributed by atoms with Gasteiger partial charge in [-0.3, -0.25) is 14.2 Å². The zero-order valence-electron chi connectivity index (χ0n) is 17.4. The van der Waals surface area contributed by atoms with Crippen molar-refractivity contribution in [3.8, 4) is 0 Å². The van der Waals surface area contributed by atoms with Gasteiger partial charge < -0.3 is 13.9 Å². The zero-order chi connectivity index (χ0) is 22.5. The molecule has 31 heavy (non-hydrogen) atoms. The van der Waals surface area contributed by atoms with Gasteiger partial charge in [0, 0.05) is 0 Å². The summed E-state index contributed by atoms with van der Waals surface area (Å²) in [5.41, 5.74) is 0.834. The maximum absolute atomic E-state index is 13.8. The number of hydrogen-bond donors (Lipinski definition) is 0. The second kappa shape index (κ2) is 9.56. The third kappa shape index (κ3) is 4.46. The smallest absolute Gasteiger partial charge is 0.325 e. The van der Waals surface area contributed by atoms with Gasteiger partial charge in [0.1, 0.15) is 0 Å².